The largest absolute Gasteiger partial charge is 0.444 e. The fourth-order valence-corrected chi connectivity index (χ4v) is 2.22. The van der Waals surface area contributed by atoms with Crippen LogP contribution in [0.4, 0.5) is 9.59 Å². The summed E-state index contributed by atoms with van der Waals surface area (Å²) >= 11 is 0. The van der Waals surface area contributed by atoms with Gasteiger partial charge in [-0.05, 0) is 33.1 Å². The predicted molar refractivity (Wildman–Crippen MR) is 71.0 cm³/mol. The lowest BCUT2D eigenvalue weighted by Crippen LogP contribution is -2.56. The summed E-state index contributed by atoms with van der Waals surface area (Å²) in [6.07, 6.45) is 2.05. The minimum Gasteiger partial charge on any atom is -0.444 e. The third-order valence-electron chi connectivity index (χ3n) is 3.28. The van der Waals surface area contributed by atoms with Crippen LogP contribution in [0.3, 0.4) is 0 Å². The van der Waals surface area contributed by atoms with E-state index in [1.807, 2.05) is 0 Å². The van der Waals surface area contributed by atoms with Crippen LogP contribution < -0.4 is 16.0 Å². The first-order valence-electron chi connectivity index (χ1n) is 6.81. The van der Waals surface area contributed by atoms with E-state index >= 15 is 0 Å². The molecule has 1 saturated carbocycles. The Balaban J connectivity index is 1.96. The maximum Gasteiger partial charge on any atom is 0.407 e. The number of carbonyl (C=O) groups is 3. The molecule has 7 nitrogen and oxygen atoms in total. The van der Waals surface area contributed by atoms with Crippen molar-refractivity contribution in [3.63, 3.8) is 0 Å². The molecule has 7 heteroatoms. The van der Waals surface area contributed by atoms with Gasteiger partial charge in [0.05, 0.1) is 6.54 Å². The number of urea groups is 1. The highest BCUT2D eigenvalue weighted by atomic mass is 16.6. The van der Waals surface area contributed by atoms with Gasteiger partial charge in [-0.1, -0.05) is 12.8 Å². The lowest BCUT2D eigenvalue weighted by Gasteiger charge is -2.27. The maximum atomic E-state index is 12.0. The molecular formula is C13H21N3O4. The molecule has 2 fully saturated rings. The zero-order valence-corrected chi connectivity index (χ0v) is 12.0. The third-order valence-corrected chi connectivity index (χ3v) is 3.28. The van der Waals surface area contributed by atoms with Gasteiger partial charge in [0.15, 0.2) is 0 Å². The Morgan fingerprint density at radius 3 is 2.50 bits per heavy atom. The Bertz CT molecular complexity index is 439. The van der Waals surface area contributed by atoms with Crippen molar-refractivity contribution in [2.24, 2.45) is 5.92 Å². The summed E-state index contributed by atoms with van der Waals surface area (Å²) in [5.74, 6) is 0.0463. The number of imide groups is 1. The van der Waals surface area contributed by atoms with Crippen molar-refractivity contribution in [2.75, 3.05) is 6.54 Å². The first-order valence-corrected chi connectivity index (χ1v) is 6.81. The second kappa shape index (κ2) is 4.96. The highest BCUT2D eigenvalue weighted by Gasteiger charge is 2.49. The van der Waals surface area contributed by atoms with Crippen molar-refractivity contribution in [2.45, 2.75) is 51.2 Å². The molecule has 1 heterocycles. The van der Waals surface area contributed by atoms with Crippen LogP contribution >= 0.6 is 0 Å². The average Bonchev–Trinajstić information content (AvgIpc) is 3.02. The SMILES string of the molecule is CC(C)(C)OC(=O)NCC1(CC2CC2)NC(=O)NC1=O. The molecule has 4 amide bonds. The van der Waals surface area contributed by atoms with Gasteiger partial charge in [0, 0.05) is 0 Å². The summed E-state index contributed by atoms with van der Waals surface area (Å²) in [7, 11) is 0. The Morgan fingerprint density at radius 1 is 1.40 bits per heavy atom. The third kappa shape index (κ3) is 3.61. The van der Waals surface area contributed by atoms with E-state index in [2.05, 4.69) is 16.0 Å². The standard InChI is InChI=1S/C13H21N3O4/c1-12(2,3)20-11(19)14-7-13(6-8-4-5-8)9(17)15-10(18)16-13/h8H,4-7H2,1-3H3,(H,14,19)(H2,15,16,17,18). The second-order valence-corrected chi connectivity index (χ2v) is 6.49. The fourth-order valence-electron chi connectivity index (χ4n) is 2.22. The van der Waals surface area contributed by atoms with Gasteiger partial charge < -0.3 is 15.4 Å². The number of carbonyl (C=O) groups excluding carboxylic acids is 3. The summed E-state index contributed by atoms with van der Waals surface area (Å²) in [5.41, 5.74) is -1.65. The van der Waals surface area contributed by atoms with Gasteiger partial charge in [-0.2, -0.15) is 0 Å². The normalized spacial score (nSPS) is 25.9. The van der Waals surface area contributed by atoms with E-state index in [0.29, 0.717) is 12.3 Å². The summed E-state index contributed by atoms with van der Waals surface area (Å²) < 4.78 is 5.13. The molecule has 1 unspecified atom stereocenters. The van der Waals surface area contributed by atoms with Crippen LogP contribution in [0.15, 0.2) is 0 Å². The van der Waals surface area contributed by atoms with E-state index in [1.54, 1.807) is 20.8 Å². The van der Waals surface area contributed by atoms with Crippen molar-refractivity contribution in [1.29, 1.82) is 0 Å². The number of ether oxygens (including phenoxy) is 1. The Kier molecular flexibility index (Phi) is 3.62. The number of nitrogens with one attached hydrogen (secondary N) is 3. The van der Waals surface area contributed by atoms with Gasteiger partial charge in [-0.3, -0.25) is 10.1 Å². The van der Waals surface area contributed by atoms with Crippen LogP contribution in [0.1, 0.15) is 40.0 Å². The van der Waals surface area contributed by atoms with Crippen molar-refractivity contribution in [1.82, 2.24) is 16.0 Å². The molecule has 0 aromatic carbocycles. The first-order chi connectivity index (χ1) is 9.20. The molecule has 3 N–H and O–H groups in total. The van der Waals surface area contributed by atoms with Crippen LogP contribution in [0, 0.1) is 5.92 Å². The highest BCUT2D eigenvalue weighted by Crippen LogP contribution is 2.37. The molecule has 2 rings (SSSR count). The van der Waals surface area contributed by atoms with Crippen molar-refractivity contribution in [3.8, 4) is 0 Å². The van der Waals surface area contributed by atoms with E-state index in [0.717, 1.165) is 12.8 Å². The van der Waals surface area contributed by atoms with Crippen molar-refractivity contribution in [3.05, 3.63) is 0 Å². The number of alkyl carbamates (subject to hydrolysis) is 1. The summed E-state index contributed by atoms with van der Waals surface area (Å²) in [4.78, 5) is 35.0. The molecule has 0 aromatic rings. The lowest BCUT2D eigenvalue weighted by molar-refractivity contribution is -0.124. The second-order valence-electron chi connectivity index (χ2n) is 6.49. The van der Waals surface area contributed by atoms with Gasteiger partial charge >= 0.3 is 12.1 Å². The molecule has 0 spiro atoms. The summed E-state index contributed by atoms with van der Waals surface area (Å²) in [6, 6.07) is -0.512. The van der Waals surface area contributed by atoms with Crippen LogP contribution in [-0.4, -0.2) is 35.7 Å². The predicted octanol–water partition coefficient (Wildman–Crippen LogP) is 0.889. The zero-order valence-electron chi connectivity index (χ0n) is 12.0. The smallest absolute Gasteiger partial charge is 0.407 e. The zero-order chi connectivity index (χ0) is 15.0. The highest BCUT2D eigenvalue weighted by molar-refractivity contribution is 6.07. The topological polar surface area (TPSA) is 96.5 Å². The van der Waals surface area contributed by atoms with Crippen molar-refractivity contribution >= 4 is 18.0 Å². The fraction of sp³-hybridized carbons (Fsp3) is 0.769. The molecule has 20 heavy (non-hydrogen) atoms. The Labute approximate surface area is 117 Å². The summed E-state index contributed by atoms with van der Waals surface area (Å²) in [5, 5.41) is 7.44. The minimum absolute atomic E-state index is 0.0377. The van der Waals surface area contributed by atoms with E-state index in [1.165, 1.54) is 0 Å². The van der Waals surface area contributed by atoms with Crippen LogP contribution in [0.2, 0.25) is 0 Å². The molecule has 1 atom stereocenters. The molecular weight excluding hydrogens is 262 g/mol. The van der Waals surface area contributed by atoms with E-state index in [-0.39, 0.29) is 12.5 Å². The first kappa shape index (κ1) is 14.6. The average molecular weight is 283 g/mol. The number of hydrogen-bond acceptors (Lipinski definition) is 4. The van der Waals surface area contributed by atoms with E-state index < -0.39 is 23.3 Å². The molecule has 2 aliphatic rings. The number of hydrogen-bond donors (Lipinski definition) is 3. The molecule has 1 aliphatic heterocycles. The Hall–Kier alpha value is -1.79. The quantitative estimate of drug-likeness (QED) is 0.667. The Morgan fingerprint density at radius 2 is 2.05 bits per heavy atom. The maximum absolute atomic E-state index is 12.0. The van der Waals surface area contributed by atoms with Crippen LogP contribution in [-0.2, 0) is 9.53 Å². The minimum atomic E-state index is -1.05. The van der Waals surface area contributed by atoms with E-state index in [4.69, 9.17) is 4.74 Å². The van der Waals surface area contributed by atoms with Gasteiger partial charge in [-0.25, -0.2) is 9.59 Å². The van der Waals surface area contributed by atoms with Crippen LogP contribution in [0.5, 0.6) is 0 Å². The molecule has 0 bridgehead atoms. The lowest BCUT2D eigenvalue weighted by atomic mass is 9.92. The van der Waals surface area contributed by atoms with Gasteiger partial charge in [0.1, 0.15) is 11.1 Å². The van der Waals surface area contributed by atoms with Gasteiger partial charge in [0.2, 0.25) is 0 Å². The molecule has 1 aliphatic carbocycles. The summed E-state index contributed by atoms with van der Waals surface area (Å²) in [6.45, 7) is 5.32. The van der Waals surface area contributed by atoms with Crippen LogP contribution in [0.25, 0.3) is 0 Å². The van der Waals surface area contributed by atoms with Crippen molar-refractivity contribution < 1.29 is 19.1 Å². The molecule has 0 aromatic heterocycles. The monoisotopic (exact) mass is 283 g/mol. The van der Waals surface area contributed by atoms with E-state index in [9.17, 15) is 14.4 Å². The molecule has 112 valence electrons. The molecule has 1 saturated heterocycles. The van der Waals surface area contributed by atoms with Gasteiger partial charge in [-0.15, -0.1) is 0 Å². The van der Waals surface area contributed by atoms with Gasteiger partial charge in [0.25, 0.3) is 5.91 Å². The number of amides is 4. The number of rotatable bonds is 4. The molecule has 0 radical (unpaired) electrons.